The molecule has 0 amide bonds. The Morgan fingerprint density at radius 3 is 2.71 bits per heavy atom. The second-order valence-electron chi connectivity index (χ2n) is 10.3. The molecule has 2 bridgehead atoms. The predicted molar refractivity (Wildman–Crippen MR) is 114 cm³/mol. The molecule has 1 aliphatic heterocycles. The van der Waals surface area contributed by atoms with Crippen LogP contribution in [-0.2, 0) is 16.6 Å². The van der Waals surface area contributed by atoms with E-state index in [4.69, 9.17) is 0 Å². The molecule has 1 saturated heterocycles. The summed E-state index contributed by atoms with van der Waals surface area (Å²) in [5.74, 6) is 1.62. The number of piperidine rings is 1. The van der Waals surface area contributed by atoms with E-state index in [1.54, 1.807) is 0 Å². The summed E-state index contributed by atoms with van der Waals surface area (Å²) in [5.41, 5.74) is 2.77. The molecule has 1 aromatic carbocycles. The Morgan fingerprint density at radius 1 is 1.21 bits per heavy atom. The molecule has 1 saturated carbocycles. The fraction of sp³-hybridized carbons (Fsp3) is 0.720. The van der Waals surface area contributed by atoms with Gasteiger partial charge in [0.1, 0.15) is 11.5 Å². The summed E-state index contributed by atoms with van der Waals surface area (Å²) in [5, 5.41) is 10.1. The van der Waals surface area contributed by atoms with E-state index in [2.05, 4.69) is 31.9 Å². The largest absolute Gasteiger partial charge is 0.508 e. The molecule has 28 heavy (non-hydrogen) atoms. The molecular weight excluding hydrogens is 346 g/mol. The van der Waals surface area contributed by atoms with Gasteiger partial charge in [-0.15, -0.1) is 0 Å². The number of aromatic hydroxyl groups is 1. The first kappa shape index (κ1) is 19.9. The Hall–Kier alpha value is -1.35. The van der Waals surface area contributed by atoms with Crippen LogP contribution in [0.5, 0.6) is 5.75 Å². The monoisotopic (exact) mass is 383 g/mol. The zero-order valence-corrected chi connectivity index (χ0v) is 18.0. The van der Waals surface area contributed by atoms with Crippen LogP contribution in [0.1, 0.15) is 82.8 Å². The van der Waals surface area contributed by atoms with Crippen LogP contribution in [0.3, 0.4) is 0 Å². The van der Waals surface area contributed by atoms with Crippen molar-refractivity contribution in [2.75, 3.05) is 13.6 Å². The van der Waals surface area contributed by atoms with Gasteiger partial charge < -0.3 is 10.0 Å². The number of phenols is 1. The lowest BCUT2D eigenvalue weighted by Crippen LogP contribution is -2.64. The number of hydrogen-bond acceptors (Lipinski definition) is 3. The molecule has 1 heterocycles. The topological polar surface area (TPSA) is 40.5 Å². The number of likely N-dealkylation sites (tertiary alicyclic amines) is 1. The highest BCUT2D eigenvalue weighted by Gasteiger charge is 2.57. The molecule has 4 rings (SSSR count). The van der Waals surface area contributed by atoms with Crippen molar-refractivity contribution in [3.05, 3.63) is 29.3 Å². The maximum atomic E-state index is 12.7. The molecule has 154 valence electrons. The van der Waals surface area contributed by atoms with Gasteiger partial charge in [-0.25, -0.2) is 0 Å². The number of carbonyl (C=O) groups excluding carboxylic acids is 1. The van der Waals surface area contributed by atoms with E-state index >= 15 is 0 Å². The normalized spacial score (nSPS) is 33.0. The summed E-state index contributed by atoms with van der Waals surface area (Å²) in [6.07, 6.45) is 11.0. The SMILES string of the molecule is CN1CC[C@@]2(C)c3cc(O)ccc3C[C@H]1[C@@]2(C)CCC(=O)CCC1CCCC1. The van der Waals surface area contributed by atoms with Crippen molar-refractivity contribution >= 4 is 5.78 Å². The van der Waals surface area contributed by atoms with Gasteiger partial charge in [-0.3, -0.25) is 4.79 Å². The number of benzene rings is 1. The zero-order chi connectivity index (χ0) is 19.9. The minimum Gasteiger partial charge on any atom is -0.508 e. The van der Waals surface area contributed by atoms with Gasteiger partial charge in [0.25, 0.3) is 0 Å². The van der Waals surface area contributed by atoms with Gasteiger partial charge in [0, 0.05) is 24.3 Å². The Bertz CT molecular complexity index is 738. The van der Waals surface area contributed by atoms with E-state index in [1.807, 2.05) is 12.1 Å². The van der Waals surface area contributed by atoms with Crippen LogP contribution in [0.2, 0.25) is 0 Å². The molecular formula is C25H37NO2. The van der Waals surface area contributed by atoms with Crippen LogP contribution in [0.4, 0.5) is 0 Å². The van der Waals surface area contributed by atoms with Crippen LogP contribution in [0, 0.1) is 11.3 Å². The number of Topliss-reactive ketones (excluding diaryl/α,β-unsaturated/α-hetero) is 1. The quantitative estimate of drug-likeness (QED) is 0.731. The van der Waals surface area contributed by atoms with Gasteiger partial charge in [-0.1, -0.05) is 45.6 Å². The van der Waals surface area contributed by atoms with E-state index in [0.29, 0.717) is 24.0 Å². The molecule has 0 radical (unpaired) electrons. The third kappa shape index (κ3) is 3.30. The van der Waals surface area contributed by atoms with Crippen molar-refractivity contribution in [1.82, 2.24) is 4.90 Å². The lowest BCUT2D eigenvalue weighted by atomic mass is 9.49. The van der Waals surface area contributed by atoms with Gasteiger partial charge in [0.2, 0.25) is 0 Å². The zero-order valence-electron chi connectivity index (χ0n) is 18.0. The highest BCUT2D eigenvalue weighted by atomic mass is 16.3. The lowest BCUT2D eigenvalue weighted by Gasteiger charge is -2.62. The Labute approximate surface area is 170 Å². The lowest BCUT2D eigenvalue weighted by molar-refractivity contribution is -0.121. The van der Waals surface area contributed by atoms with Gasteiger partial charge >= 0.3 is 0 Å². The van der Waals surface area contributed by atoms with E-state index in [1.165, 1.54) is 36.8 Å². The van der Waals surface area contributed by atoms with E-state index in [-0.39, 0.29) is 10.8 Å². The minimum absolute atomic E-state index is 0.0161. The number of carbonyl (C=O) groups is 1. The smallest absolute Gasteiger partial charge is 0.132 e. The summed E-state index contributed by atoms with van der Waals surface area (Å²) in [7, 11) is 2.25. The fourth-order valence-corrected chi connectivity index (χ4v) is 6.61. The fourth-order valence-electron chi connectivity index (χ4n) is 6.61. The van der Waals surface area contributed by atoms with Crippen molar-refractivity contribution in [1.29, 1.82) is 0 Å². The molecule has 2 fully saturated rings. The van der Waals surface area contributed by atoms with Crippen molar-refractivity contribution in [3.8, 4) is 5.75 Å². The van der Waals surface area contributed by atoms with Crippen LogP contribution >= 0.6 is 0 Å². The second kappa shape index (κ2) is 7.48. The van der Waals surface area contributed by atoms with Gasteiger partial charge in [-0.2, -0.15) is 0 Å². The standard InChI is InChI=1S/C25H37NO2/c1-24-14-15-26(3)23(16-19-9-11-21(28)17-22(19)24)25(24,2)13-12-20(27)10-8-18-6-4-5-7-18/h9,11,17-18,23,28H,4-8,10,12-16H2,1-3H3/t23-,24-,25+/m0/s1. The number of nitrogens with zero attached hydrogens (tertiary/aromatic N) is 1. The molecule has 1 aromatic rings. The molecule has 0 spiro atoms. The first-order valence-corrected chi connectivity index (χ1v) is 11.4. The number of hydrogen-bond donors (Lipinski definition) is 1. The molecule has 3 atom stereocenters. The maximum absolute atomic E-state index is 12.7. The number of phenolic OH excluding ortho intramolecular Hbond substituents is 1. The van der Waals surface area contributed by atoms with Crippen molar-refractivity contribution in [3.63, 3.8) is 0 Å². The molecule has 1 N–H and O–H groups in total. The Morgan fingerprint density at radius 2 is 1.96 bits per heavy atom. The van der Waals surface area contributed by atoms with E-state index in [9.17, 15) is 9.90 Å². The summed E-state index contributed by atoms with van der Waals surface area (Å²) in [6, 6.07) is 6.40. The molecule has 3 heteroatoms. The Kier molecular flexibility index (Phi) is 5.33. The van der Waals surface area contributed by atoms with Crippen LogP contribution in [0.25, 0.3) is 0 Å². The maximum Gasteiger partial charge on any atom is 0.132 e. The van der Waals surface area contributed by atoms with Crippen molar-refractivity contribution in [2.45, 2.75) is 89.5 Å². The molecule has 2 aliphatic carbocycles. The third-order valence-electron chi connectivity index (χ3n) is 8.82. The number of ketones is 1. The summed E-state index contributed by atoms with van der Waals surface area (Å²) < 4.78 is 0. The minimum atomic E-state index is 0.0161. The van der Waals surface area contributed by atoms with Crippen molar-refractivity contribution in [2.24, 2.45) is 11.3 Å². The Balaban J connectivity index is 1.52. The van der Waals surface area contributed by atoms with Gasteiger partial charge in [-0.05, 0) is 73.9 Å². The van der Waals surface area contributed by atoms with Gasteiger partial charge in [0.15, 0.2) is 0 Å². The van der Waals surface area contributed by atoms with Crippen LogP contribution in [-0.4, -0.2) is 35.4 Å². The van der Waals surface area contributed by atoms with Crippen LogP contribution in [0.15, 0.2) is 18.2 Å². The summed E-state index contributed by atoms with van der Waals surface area (Å²) >= 11 is 0. The van der Waals surface area contributed by atoms with E-state index < -0.39 is 0 Å². The number of rotatable bonds is 6. The molecule has 0 aromatic heterocycles. The first-order chi connectivity index (χ1) is 13.3. The molecule has 3 nitrogen and oxygen atoms in total. The average molecular weight is 384 g/mol. The van der Waals surface area contributed by atoms with E-state index in [0.717, 1.165) is 44.6 Å². The second-order valence-corrected chi connectivity index (χ2v) is 10.3. The van der Waals surface area contributed by atoms with Gasteiger partial charge in [0.05, 0.1) is 0 Å². The molecule has 0 unspecified atom stereocenters. The molecule has 3 aliphatic rings. The third-order valence-corrected chi connectivity index (χ3v) is 8.82. The predicted octanol–water partition coefficient (Wildman–Crippen LogP) is 5.24. The summed E-state index contributed by atoms with van der Waals surface area (Å²) in [6.45, 7) is 5.87. The highest BCUT2D eigenvalue weighted by Crippen LogP contribution is 2.58. The first-order valence-electron chi connectivity index (χ1n) is 11.4. The highest BCUT2D eigenvalue weighted by molar-refractivity contribution is 5.78. The number of fused-ring (bicyclic) bond motifs is 4. The number of likely N-dealkylation sites (N-methyl/N-ethyl adjacent to an activating group) is 1. The van der Waals surface area contributed by atoms with Crippen LogP contribution < -0.4 is 0 Å². The summed E-state index contributed by atoms with van der Waals surface area (Å²) in [4.78, 5) is 15.3. The average Bonchev–Trinajstić information content (AvgIpc) is 3.19. The van der Waals surface area contributed by atoms with Crippen molar-refractivity contribution < 1.29 is 9.90 Å².